The van der Waals surface area contributed by atoms with Crippen LogP contribution >= 0.6 is 0 Å². The van der Waals surface area contributed by atoms with E-state index in [1.54, 1.807) is 6.92 Å². The molecule has 1 heterocycles. The molecule has 1 aliphatic rings. The van der Waals surface area contributed by atoms with Gasteiger partial charge >= 0.3 is 12.0 Å². The van der Waals surface area contributed by atoms with E-state index in [9.17, 15) is 9.59 Å². The predicted molar refractivity (Wildman–Crippen MR) is 110 cm³/mol. The average molecular weight is 394 g/mol. The fourth-order valence-corrected chi connectivity index (χ4v) is 3.11. The molecule has 2 atom stereocenters. The van der Waals surface area contributed by atoms with Crippen molar-refractivity contribution in [1.29, 1.82) is 0 Å². The average Bonchev–Trinajstić information content (AvgIpc) is 2.72. The second kappa shape index (κ2) is 9.28. The predicted octanol–water partition coefficient (Wildman–Crippen LogP) is 4.24. The van der Waals surface area contributed by atoms with Gasteiger partial charge in [-0.1, -0.05) is 55.5 Å². The monoisotopic (exact) mass is 394 g/mol. The van der Waals surface area contributed by atoms with Gasteiger partial charge in [0, 0.05) is 11.3 Å². The molecule has 0 bridgehead atoms. The Labute approximate surface area is 170 Å². The molecule has 2 aromatic rings. The highest BCUT2D eigenvalue weighted by molar-refractivity contribution is 5.95. The summed E-state index contributed by atoms with van der Waals surface area (Å²) in [4.78, 5) is 25.0. The molecular formula is C23H26N2O4. The fraction of sp³-hybridized carbons (Fsp3) is 0.304. The van der Waals surface area contributed by atoms with Gasteiger partial charge in [0.25, 0.3) is 0 Å². The van der Waals surface area contributed by atoms with Gasteiger partial charge in [-0.05, 0) is 31.9 Å². The van der Waals surface area contributed by atoms with Crippen LogP contribution in [-0.2, 0) is 16.1 Å². The zero-order valence-corrected chi connectivity index (χ0v) is 16.9. The molecule has 1 aliphatic heterocycles. The number of hydrogen-bond acceptors (Lipinski definition) is 4. The SMILES string of the molecule is CC[C@H](C)OC(=O)C1=C(C)NC(=O)N[C@@H]1c1ccccc1OCc1ccccc1. The first kappa shape index (κ1) is 20.5. The third-order valence-corrected chi connectivity index (χ3v) is 4.84. The van der Waals surface area contributed by atoms with Gasteiger partial charge in [0.05, 0.1) is 17.7 Å². The molecular weight excluding hydrogens is 368 g/mol. The first-order valence-electron chi connectivity index (χ1n) is 9.74. The van der Waals surface area contributed by atoms with E-state index in [1.165, 1.54) is 0 Å². The largest absolute Gasteiger partial charge is 0.489 e. The lowest BCUT2D eigenvalue weighted by Crippen LogP contribution is -2.45. The Morgan fingerprint density at radius 2 is 1.79 bits per heavy atom. The molecule has 2 aromatic carbocycles. The lowest BCUT2D eigenvalue weighted by atomic mass is 9.94. The van der Waals surface area contributed by atoms with Gasteiger partial charge in [-0.2, -0.15) is 0 Å². The minimum atomic E-state index is -0.660. The Hall–Kier alpha value is -3.28. The molecule has 0 aromatic heterocycles. The zero-order valence-electron chi connectivity index (χ0n) is 16.9. The second-order valence-corrected chi connectivity index (χ2v) is 7.01. The summed E-state index contributed by atoms with van der Waals surface area (Å²) < 4.78 is 11.6. The van der Waals surface area contributed by atoms with Crippen LogP contribution in [0.2, 0.25) is 0 Å². The summed E-state index contributed by atoms with van der Waals surface area (Å²) in [5, 5.41) is 5.50. The molecule has 29 heavy (non-hydrogen) atoms. The van der Waals surface area contributed by atoms with Crippen LogP contribution in [0, 0.1) is 0 Å². The van der Waals surface area contributed by atoms with Gasteiger partial charge in [-0.15, -0.1) is 0 Å². The van der Waals surface area contributed by atoms with Crippen molar-refractivity contribution in [3.63, 3.8) is 0 Å². The maximum atomic E-state index is 12.8. The van der Waals surface area contributed by atoms with Crippen LogP contribution in [0.25, 0.3) is 0 Å². The van der Waals surface area contributed by atoms with E-state index >= 15 is 0 Å². The van der Waals surface area contributed by atoms with Crippen molar-refractivity contribution in [3.8, 4) is 5.75 Å². The van der Waals surface area contributed by atoms with Gasteiger partial charge in [0.2, 0.25) is 0 Å². The number of amides is 2. The van der Waals surface area contributed by atoms with Crippen molar-refractivity contribution in [3.05, 3.63) is 77.0 Å². The van der Waals surface area contributed by atoms with Crippen LogP contribution < -0.4 is 15.4 Å². The van der Waals surface area contributed by atoms with E-state index in [-0.39, 0.29) is 12.1 Å². The van der Waals surface area contributed by atoms with Crippen LogP contribution in [0.1, 0.15) is 44.4 Å². The Morgan fingerprint density at radius 3 is 2.52 bits per heavy atom. The van der Waals surface area contributed by atoms with E-state index in [2.05, 4.69) is 10.6 Å². The molecule has 0 aliphatic carbocycles. The summed E-state index contributed by atoms with van der Waals surface area (Å²) in [6.45, 7) is 5.87. The topological polar surface area (TPSA) is 76.7 Å². The highest BCUT2D eigenvalue weighted by Gasteiger charge is 2.34. The lowest BCUT2D eigenvalue weighted by molar-refractivity contribution is -0.144. The number of allylic oxidation sites excluding steroid dienone is 1. The normalized spacial score (nSPS) is 17.2. The van der Waals surface area contributed by atoms with Crippen LogP contribution in [0.4, 0.5) is 4.79 Å². The smallest absolute Gasteiger partial charge is 0.338 e. The highest BCUT2D eigenvalue weighted by atomic mass is 16.5. The number of para-hydroxylation sites is 1. The van der Waals surface area contributed by atoms with E-state index in [0.717, 1.165) is 5.56 Å². The van der Waals surface area contributed by atoms with E-state index in [1.807, 2.05) is 68.4 Å². The van der Waals surface area contributed by atoms with Crippen molar-refractivity contribution < 1.29 is 19.1 Å². The highest BCUT2D eigenvalue weighted by Crippen LogP contribution is 2.34. The van der Waals surface area contributed by atoms with Gasteiger partial charge in [0.1, 0.15) is 12.4 Å². The van der Waals surface area contributed by atoms with E-state index < -0.39 is 12.0 Å². The Kier molecular flexibility index (Phi) is 6.54. The number of rotatable bonds is 7. The molecule has 0 saturated heterocycles. The summed E-state index contributed by atoms with van der Waals surface area (Å²) in [5.41, 5.74) is 2.58. The summed E-state index contributed by atoms with van der Waals surface area (Å²) in [6, 6.07) is 16.2. The molecule has 0 spiro atoms. The maximum Gasteiger partial charge on any atom is 0.338 e. The van der Waals surface area contributed by atoms with E-state index in [4.69, 9.17) is 9.47 Å². The Morgan fingerprint density at radius 1 is 1.10 bits per heavy atom. The van der Waals surface area contributed by atoms with Crippen LogP contribution in [0.3, 0.4) is 0 Å². The molecule has 0 radical (unpaired) electrons. The van der Waals surface area contributed by atoms with Crippen LogP contribution in [0.5, 0.6) is 5.75 Å². The zero-order chi connectivity index (χ0) is 20.8. The maximum absolute atomic E-state index is 12.8. The molecule has 152 valence electrons. The first-order valence-corrected chi connectivity index (χ1v) is 9.74. The lowest BCUT2D eigenvalue weighted by Gasteiger charge is -2.29. The molecule has 0 unspecified atom stereocenters. The molecule has 3 rings (SSSR count). The number of carbonyl (C=O) groups excluding carboxylic acids is 2. The molecule has 0 saturated carbocycles. The second-order valence-electron chi connectivity index (χ2n) is 7.01. The third kappa shape index (κ3) is 4.96. The minimum absolute atomic E-state index is 0.217. The summed E-state index contributed by atoms with van der Waals surface area (Å²) in [7, 11) is 0. The van der Waals surface area contributed by atoms with Crippen molar-refractivity contribution in [2.24, 2.45) is 0 Å². The number of esters is 1. The minimum Gasteiger partial charge on any atom is -0.489 e. The number of ether oxygens (including phenoxy) is 2. The number of urea groups is 1. The van der Waals surface area contributed by atoms with Crippen molar-refractivity contribution in [2.45, 2.75) is 45.9 Å². The van der Waals surface area contributed by atoms with Crippen molar-refractivity contribution in [2.75, 3.05) is 0 Å². The summed E-state index contributed by atoms with van der Waals surface area (Å²) in [6.07, 6.45) is 0.491. The molecule has 6 heteroatoms. The quantitative estimate of drug-likeness (QED) is 0.689. The number of hydrogen-bond donors (Lipinski definition) is 2. The Bertz CT molecular complexity index is 908. The number of nitrogens with one attached hydrogen (secondary N) is 2. The van der Waals surface area contributed by atoms with Gasteiger partial charge < -0.3 is 20.1 Å². The summed E-state index contributed by atoms with van der Waals surface area (Å²) in [5.74, 6) is 0.150. The molecule has 6 nitrogen and oxygen atoms in total. The third-order valence-electron chi connectivity index (χ3n) is 4.84. The van der Waals surface area contributed by atoms with Gasteiger partial charge in [-0.3, -0.25) is 0 Å². The van der Waals surface area contributed by atoms with Crippen LogP contribution in [0.15, 0.2) is 65.9 Å². The van der Waals surface area contributed by atoms with Crippen molar-refractivity contribution >= 4 is 12.0 Å². The number of carbonyl (C=O) groups is 2. The molecule has 2 N–H and O–H groups in total. The van der Waals surface area contributed by atoms with Gasteiger partial charge in [-0.25, -0.2) is 9.59 Å². The summed E-state index contributed by atoms with van der Waals surface area (Å²) >= 11 is 0. The fourth-order valence-electron chi connectivity index (χ4n) is 3.11. The number of benzene rings is 2. The van der Waals surface area contributed by atoms with Crippen molar-refractivity contribution in [1.82, 2.24) is 10.6 Å². The van der Waals surface area contributed by atoms with Gasteiger partial charge in [0.15, 0.2) is 0 Å². The molecule has 2 amide bonds. The standard InChI is InChI=1S/C23H26N2O4/c1-4-15(2)29-22(26)20-16(3)24-23(27)25-21(20)18-12-8-9-13-19(18)28-14-17-10-6-5-7-11-17/h5-13,15,21H,4,14H2,1-3H3,(H2,24,25,27)/t15-,21+/m0/s1. The Balaban J connectivity index is 1.91. The van der Waals surface area contributed by atoms with Crippen LogP contribution in [-0.4, -0.2) is 18.1 Å². The molecule has 0 fully saturated rings. The van der Waals surface area contributed by atoms with E-state index in [0.29, 0.717) is 35.6 Å². The first-order chi connectivity index (χ1) is 14.0.